The van der Waals surface area contributed by atoms with Crippen LogP contribution in [0.15, 0.2) is 48.5 Å². The van der Waals surface area contributed by atoms with Crippen LogP contribution in [0.25, 0.3) is 0 Å². The number of piperazine rings is 1. The molecule has 1 heterocycles. The van der Waals surface area contributed by atoms with Gasteiger partial charge in [0.1, 0.15) is 6.04 Å². The Morgan fingerprint density at radius 1 is 1.06 bits per heavy atom. The van der Waals surface area contributed by atoms with Crippen LogP contribution in [-0.2, 0) is 21.0 Å². The van der Waals surface area contributed by atoms with Crippen molar-refractivity contribution in [2.75, 3.05) is 41.6 Å². The normalized spacial score (nSPS) is 15.9. The van der Waals surface area contributed by atoms with Crippen LogP contribution in [0.3, 0.4) is 0 Å². The zero-order valence-corrected chi connectivity index (χ0v) is 19.7. The van der Waals surface area contributed by atoms with Gasteiger partial charge in [0.2, 0.25) is 15.9 Å². The number of halogens is 3. The van der Waals surface area contributed by atoms with Crippen molar-refractivity contribution < 1.29 is 26.4 Å². The van der Waals surface area contributed by atoms with E-state index < -0.39 is 27.8 Å². The fraction of sp³-hybridized carbons (Fsp3) is 0.435. The van der Waals surface area contributed by atoms with Crippen molar-refractivity contribution in [1.29, 1.82) is 0 Å². The molecule has 1 aliphatic heterocycles. The summed E-state index contributed by atoms with van der Waals surface area (Å²) in [6.07, 6.45) is -3.06. The summed E-state index contributed by atoms with van der Waals surface area (Å²) in [6, 6.07) is 11.2. The van der Waals surface area contributed by atoms with Gasteiger partial charge in [-0.2, -0.15) is 13.2 Å². The minimum atomic E-state index is -4.42. The largest absolute Gasteiger partial charge is 0.416 e. The number of aryl methyl sites for hydroxylation is 1. The smallest absolute Gasteiger partial charge is 0.368 e. The first-order valence-corrected chi connectivity index (χ1v) is 12.5. The van der Waals surface area contributed by atoms with Crippen molar-refractivity contribution in [2.24, 2.45) is 0 Å². The van der Waals surface area contributed by atoms with E-state index in [1.807, 2.05) is 6.92 Å². The molecular formula is C23H28F3N3O3S. The van der Waals surface area contributed by atoms with Crippen LogP contribution in [0, 0.1) is 6.92 Å². The Bertz CT molecular complexity index is 1080. The Morgan fingerprint density at radius 3 is 2.18 bits per heavy atom. The molecule has 0 N–H and O–H groups in total. The molecule has 1 amide bonds. The van der Waals surface area contributed by atoms with Crippen LogP contribution in [0.1, 0.15) is 24.5 Å². The highest BCUT2D eigenvalue weighted by molar-refractivity contribution is 7.92. The van der Waals surface area contributed by atoms with E-state index in [-0.39, 0.29) is 25.4 Å². The summed E-state index contributed by atoms with van der Waals surface area (Å²) in [7, 11) is -3.73. The number of nitrogens with zero attached hydrogens (tertiary/aromatic N) is 3. The molecule has 6 nitrogen and oxygen atoms in total. The second kappa shape index (κ2) is 9.62. The van der Waals surface area contributed by atoms with Crippen LogP contribution >= 0.6 is 0 Å². The molecule has 10 heteroatoms. The lowest BCUT2D eigenvalue weighted by Gasteiger charge is -2.39. The average Bonchev–Trinajstić information content (AvgIpc) is 2.76. The Balaban J connectivity index is 1.76. The summed E-state index contributed by atoms with van der Waals surface area (Å²) >= 11 is 0. The number of benzene rings is 2. The van der Waals surface area contributed by atoms with Crippen molar-refractivity contribution in [3.05, 3.63) is 59.7 Å². The fourth-order valence-corrected chi connectivity index (χ4v) is 5.22. The van der Waals surface area contributed by atoms with E-state index in [1.165, 1.54) is 6.07 Å². The molecule has 0 bridgehead atoms. The first-order chi connectivity index (χ1) is 15.4. The summed E-state index contributed by atoms with van der Waals surface area (Å²) < 4.78 is 65.5. The van der Waals surface area contributed by atoms with Crippen molar-refractivity contribution >= 4 is 27.3 Å². The number of hydrogen-bond acceptors (Lipinski definition) is 4. The molecule has 0 radical (unpaired) electrons. The molecule has 0 spiro atoms. The van der Waals surface area contributed by atoms with E-state index in [0.29, 0.717) is 24.5 Å². The van der Waals surface area contributed by atoms with Crippen molar-refractivity contribution in [1.82, 2.24) is 4.90 Å². The highest BCUT2D eigenvalue weighted by Gasteiger charge is 2.36. The first kappa shape index (κ1) is 24.9. The Morgan fingerprint density at radius 2 is 1.67 bits per heavy atom. The molecule has 0 saturated carbocycles. The van der Waals surface area contributed by atoms with Crippen LogP contribution in [0.4, 0.5) is 24.5 Å². The summed E-state index contributed by atoms with van der Waals surface area (Å²) in [4.78, 5) is 16.7. The number of anilines is 2. The monoisotopic (exact) mass is 483 g/mol. The third kappa shape index (κ3) is 5.79. The first-order valence-electron chi connectivity index (χ1n) is 10.7. The van der Waals surface area contributed by atoms with Gasteiger partial charge in [0.05, 0.1) is 17.5 Å². The average molecular weight is 484 g/mol. The van der Waals surface area contributed by atoms with E-state index in [9.17, 15) is 26.4 Å². The van der Waals surface area contributed by atoms with Crippen LogP contribution < -0.4 is 9.21 Å². The molecule has 1 aliphatic rings. The van der Waals surface area contributed by atoms with Gasteiger partial charge in [-0.15, -0.1) is 0 Å². The molecule has 1 saturated heterocycles. The Hall–Kier alpha value is -2.75. The van der Waals surface area contributed by atoms with E-state index in [1.54, 1.807) is 47.1 Å². The molecule has 3 rings (SSSR count). The van der Waals surface area contributed by atoms with Gasteiger partial charge < -0.3 is 9.80 Å². The standard InChI is InChI=1S/C23H28F3N3O3S/c1-4-21(29(33(3,31)32)19-10-8-17(2)9-11-19)22(30)28-14-12-27(13-15-28)20-7-5-6-18(16-20)23(24,25)26/h5-11,16,21H,4,12-15H2,1-3H3/t21-/m1/s1. The minimum Gasteiger partial charge on any atom is -0.368 e. The van der Waals surface area contributed by atoms with Crippen LogP contribution in [-0.4, -0.2) is 57.7 Å². The van der Waals surface area contributed by atoms with Gasteiger partial charge in [0.15, 0.2) is 0 Å². The summed E-state index contributed by atoms with van der Waals surface area (Å²) in [5.74, 6) is -0.313. The van der Waals surface area contributed by atoms with E-state index in [4.69, 9.17) is 0 Å². The maximum Gasteiger partial charge on any atom is 0.416 e. The third-order valence-electron chi connectivity index (χ3n) is 5.73. The van der Waals surface area contributed by atoms with E-state index in [0.717, 1.165) is 28.3 Å². The topological polar surface area (TPSA) is 60.9 Å². The van der Waals surface area contributed by atoms with Gasteiger partial charge in [-0.05, 0) is 43.7 Å². The van der Waals surface area contributed by atoms with Gasteiger partial charge in [0, 0.05) is 31.9 Å². The molecule has 1 atom stereocenters. The molecule has 0 aliphatic carbocycles. The highest BCUT2D eigenvalue weighted by Crippen LogP contribution is 2.32. The lowest BCUT2D eigenvalue weighted by atomic mass is 10.1. The Kier molecular flexibility index (Phi) is 7.26. The Labute approximate surface area is 192 Å². The van der Waals surface area contributed by atoms with Crippen molar-refractivity contribution in [3.8, 4) is 0 Å². The van der Waals surface area contributed by atoms with Gasteiger partial charge in [0.25, 0.3) is 0 Å². The number of carbonyl (C=O) groups is 1. The summed E-state index contributed by atoms with van der Waals surface area (Å²) in [5.41, 5.74) is 1.12. The van der Waals surface area contributed by atoms with Gasteiger partial charge >= 0.3 is 6.18 Å². The maximum atomic E-state index is 13.3. The van der Waals surface area contributed by atoms with E-state index >= 15 is 0 Å². The minimum absolute atomic E-state index is 0.285. The highest BCUT2D eigenvalue weighted by atomic mass is 32.2. The molecular weight excluding hydrogens is 455 g/mol. The molecule has 2 aromatic rings. The lowest BCUT2D eigenvalue weighted by molar-refractivity contribution is -0.137. The van der Waals surface area contributed by atoms with E-state index in [2.05, 4.69) is 0 Å². The predicted octanol–water partition coefficient (Wildman–Crippen LogP) is 3.91. The molecule has 1 fully saturated rings. The van der Waals surface area contributed by atoms with Crippen molar-refractivity contribution in [3.63, 3.8) is 0 Å². The van der Waals surface area contributed by atoms with Crippen molar-refractivity contribution in [2.45, 2.75) is 32.5 Å². The number of alkyl halides is 3. The molecule has 0 aromatic heterocycles. The molecule has 2 aromatic carbocycles. The fourth-order valence-electron chi connectivity index (χ4n) is 4.01. The number of amides is 1. The third-order valence-corrected chi connectivity index (χ3v) is 6.91. The maximum absolute atomic E-state index is 13.3. The predicted molar refractivity (Wildman–Crippen MR) is 123 cm³/mol. The molecule has 33 heavy (non-hydrogen) atoms. The molecule has 0 unspecified atom stereocenters. The number of sulfonamides is 1. The SMILES string of the molecule is CC[C@H](C(=O)N1CCN(c2cccc(C(F)(F)F)c2)CC1)N(c1ccc(C)cc1)S(C)(=O)=O. The number of hydrogen-bond donors (Lipinski definition) is 0. The zero-order valence-electron chi connectivity index (χ0n) is 18.8. The molecule has 180 valence electrons. The lowest BCUT2D eigenvalue weighted by Crippen LogP contribution is -2.56. The number of carbonyl (C=O) groups excluding carboxylic acids is 1. The summed E-state index contributed by atoms with van der Waals surface area (Å²) in [6.45, 7) is 4.93. The zero-order chi connectivity index (χ0) is 24.4. The van der Waals surface area contributed by atoms with Crippen LogP contribution in [0.2, 0.25) is 0 Å². The summed E-state index contributed by atoms with van der Waals surface area (Å²) in [5, 5.41) is 0. The quantitative estimate of drug-likeness (QED) is 0.625. The number of rotatable bonds is 6. The van der Waals surface area contributed by atoms with Gasteiger partial charge in [-0.1, -0.05) is 30.7 Å². The second-order valence-corrected chi connectivity index (χ2v) is 10.0. The van der Waals surface area contributed by atoms with Gasteiger partial charge in [-0.25, -0.2) is 8.42 Å². The van der Waals surface area contributed by atoms with Gasteiger partial charge in [-0.3, -0.25) is 9.10 Å². The second-order valence-electron chi connectivity index (χ2n) is 8.18. The van der Waals surface area contributed by atoms with Crippen LogP contribution in [0.5, 0.6) is 0 Å².